The van der Waals surface area contributed by atoms with Crippen LogP contribution < -0.4 is 10.0 Å². The summed E-state index contributed by atoms with van der Waals surface area (Å²) in [5.74, 6) is -1.19. The molecule has 0 radical (unpaired) electrons. The van der Waals surface area contributed by atoms with Crippen LogP contribution in [0.5, 0.6) is 0 Å². The van der Waals surface area contributed by atoms with Crippen molar-refractivity contribution >= 4 is 11.8 Å². The summed E-state index contributed by atoms with van der Waals surface area (Å²) in [6.07, 6.45) is 0.935. The van der Waals surface area contributed by atoms with E-state index < -0.39 is 5.97 Å². The van der Waals surface area contributed by atoms with E-state index in [9.17, 15) is 14.7 Å². The fourth-order valence-electron chi connectivity index (χ4n) is 1.61. The van der Waals surface area contributed by atoms with Crippen molar-refractivity contribution in [3.63, 3.8) is 0 Å². The number of rotatable bonds is 6. The molecule has 0 aliphatic carbocycles. The zero-order chi connectivity index (χ0) is 12.8. The van der Waals surface area contributed by atoms with Gasteiger partial charge in [0, 0.05) is 5.56 Å². The Balaban J connectivity index is 2.60. The number of hydrogen-bond acceptors (Lipinski definition) is 3. The van der Waals surface area contributed by atoms with Gasteiger partial charge in [-0.2, -0.15) is 0 Å². The molecule has 92 valence electrons. The van der Waals surface area contributed by atoms with Gasteiger partial charge in [0.25, 0.3) is 0 Å². The van der Waals surface area contributed by atoms with E-state index in [-0.39, 0.29) is 18.9 Å². The molecule has 0 bridgehead atoms. The average molecular weight is 235 g/mol. The Morgan fingerprint density at radius 1 is 1.18 bits per heavy atom. The van der Waals surface area contributed by atoms with Crippen LogP contribution in [0.2, 0.25) is 0 Å². The lowest BCUT2D eigenvalue weighted by molar-refractivity contribution is -0.864. The molecule has 0 fully saturated rings. The molecular formula is C13H17NO3. The Morgan fingerprint density at radius 2 is 1.76 bits per heavy atom. The van der Waals surface area contributed by atoms with Gasteiger partial charge in [-0.25, -0.2) is 0 Å². The van der Waals surface area contributed by atoms with Crippen LogP contribution in [-0.4, -0.2) is 31.9 Å². The highest BCUT2D eigenvalue weighted by atomic mass is 16.4. The Kier molecular flexibility index (Phi) is 4.84. The lowest BCUT2D eigenvalue weighted by Crippen LogP contribution is -3.11. The molecule has 1 atom stereocenters. The molecule has 1 aromatic carbocycles. The maximum absolute atomic E-state index is 11.8. The number of ketones is 1. The molecule has 1 unspecified atom stereocenters. The summed E-state index contributed by atoms with van der Waals surface area (Å²) in [5.41, 5.74) is 1.80. The van der Waals surface area contributed by atoms with Crippen molar-refractivity contribution in [2.24, 2.45) is 0 Å². The van der Waals surface area contributed by atoms with E-state index in [1.165, 1.54) is 5.56 Å². The topological polar surface area (TPSA) is 61.6 Å². The van der Waals surface area contributed by atoms with E-state index in [1.54, 1.807) is 19.2 Å². The standard InChI is InChI=1S/C13H17NO3/c1-3-10-4-6-11(7-5-10)12(15)8-14(2)9-13(16)17/h4-7H,3,8-9H2,1-2H3,(H,16,17). The second kappa shape index (κ2) is 6.15. The SMILES string of the molecule is CCc1ccc(C(=O)C[NH+](C)CC(=O)[O-])cc1. The number of carboxylic acids is 1. The summed E-state index contributed by atoms with van der Waals surface area (Å²) < 4.78 is 0. The van der Waals surface area contributed by atoms with Gasteiger partial charge in [0.05, 0.1) is 13.0 Å². The molecule has 0 aromatic heterocycles. The number of likely N-dealkylation sites (N-methyl/N-ethyl adjacent to an activating group) is 1. The molecule has 0 aliphatic heterocycles. The lowest BCUT2D eigenvalue weighted by Gasteiger charge is -2.13. The zero-order valence-electron chi connectivity index (χ0n) is 10.2. The number of carbonyl (C=O) groups is 2. The molecule has 4 heteroatoms. The van der Waals surface area contributed by atoms with Crippen LogP contribution in [0.1, 0.15) is 22.8 Å². The molecule has 1 N–H and O–H groups in total. The maximum atomic E-state index is 11.8. The predicted octanol–water partition coefficient (Wildman–Crippen LogP) is -1.30. The van der Waals surface area contributed by atoms with Crippen LogP contribution in [0, 0.1) is 0 Å². The minimum atomic E-state index is -1.14. The van der Waals surface area contributed by atoms with E-state index in [1.807, 2.05) is 12.1 Å². The van der Waals surface area contributed by atoms with Crippen LogP contribution in [0.3, 0.4) is 0 Å². The van der Waals surface area contributed by atoms with Crippen LogP contribution in [0.25, 0.3) is 0 Å². The largest absolute Gasteiger partial charge is 0.544 e. The van der Waals surface area contributed by atoms with Crippen molar-refractivity contribution in [2.45, 2.75) is 13.3 Å². The number of benzene rings is 1. The molecule has 0 saturated carbocycles. The number of carbonyl (C=O) groups excluding carboxylic acids is 2. The molecular weight excluding hydrogens is 218 g/mol. The van der Waals surface area contributed by atoms with Gasteiger partial charge >= 0.3 is 0 Å². The second-order valence-electron chi connectivity index (χ2n) is 4.16. The first-order valence-corrected chi connectivity index (χ1v) is 5.66. The number of Topliss-reactive ketones (excluding diaryl/α,β-unsaturated/α-hetero) is 1. The summed E-state index contributed by atoms with van der Waals surface area (Å²) in [6.45, 7) is 2.06. The molecule has 1 aromatic rings. The lowest BCUT2D eigenvalue weighted by atomic mass is 10.1. The van der Waals surface area contributed by atoms with E-state index >= 15 is 0 Å². The molecule has 0 aliphatic rings. The highest BCUT2D eigenvalue weighted by Crippen LogP contribution is 2.04. The third-order valence-corrected chi connectivity index (χ3v) is 2.59. The van der Waals surface area contributed by atoms with E-state index in [0.29, 0.717) is 10.5 Å². The molecule has 0 spiro atoms. The number of quaternary nitrogens is 1. The predicted molar refractivity (Wildman–Crippen MR) is 61.8 cm³/mol. The number of hydrogen-bond donors (Lipinski definition) is 1. The van der Waals surface area contributed by atoms with E-state index in [4.69, 9.17) is 0 Å². The van der Waals surface area contributed by atoms with Crippen molar-refractivity contribution in [2.75, 3.05) is 20.1 Å². The summed E-state index contributed by atoms with van der Waals surface area (Å²) in [7, 11) is 1.66. The normalized spacial score (nSPS) is 12.1. The molecule has 17 heavy (non-hydrogen) atoms. The monoisotopic (exact) mass is 235 g/mol. The van der Waals surface area contributed by atoms with Gasteiger partial charge in [-0.05, 0) is 12.0 Å². The molecule has 4 nitrogen and oxygen atoms in total. The molecule has 1 rings (SSSR count). The van der Waals surface area contributed by atoms with Crippen molar-refractivity contribution in [3.05, 3.63) is 35.4 Å². The molecule has 0 heterocycles. The summed E-state index contributed by atoms with van der Waals surface area (Å²) in [5, 5.41) is 10.4. The molecule has 0 amide bonds. The van der Waals surface area contributed by atoms with Gasteiger partial charge in [-0.3, -0.25) is 4.79 Å². The quantitative estimate of drug-likeness (QED) is 0.623. The third kappa shape index (κ3) is 4.36. The van der Waals surface area contributed by atoms with Crippen molar-refractivity contribution in [1.82, 2.24) is 0 Å². The Labute approximate surface area is 101 Å². The first kappa shape index (κ1) is 13.4. The van der Waals surface area contributed by atoms with Gasteiger partial charge in [-0.1, -0.05) is 31.2 Å². The fraction of sp³-hybridized carbons (Fsp3) is 0.385. The Bertz CT molecular complexity index is 398. The number of carboxylic acid groups (broad SMARTS) is 1. The Morgan fingerprint density at radius 3 is 2.24 bits per heavy atom. The summed E-state index contributed by atoms with van der Waals surface area (Å²) >= 11 is 0. The summed E-state index contributed by atoms with van der Waals surface area (Å²) in [4.78, 5) is 22.8. The van der Waals surface area contributed by atoms with E-state index in [0.717, 1.165) is 6.42 Å². The van der Waals surface area contributed by atoms with Crippen molar-refractivity contribution in [1.29, 1.82) is 0 Å². The second-order valence-corrected chi connectivity index (χ2v) is 4.16. The van der Waals surface area contributed by atoms with Gasteiger partial charge in [0.15, 0.2) is 0 Å². The first-order chi connectivity index (χ1) is 8.02. The molecule has 0 saturated heterocycles. The van der Waals surface area contributed by atoms with Gasteiger partial charge < -0.3 is 14.8 Å². The zero-order valence-corrected chi connectivity index (χ0v) is 10.2. The first-order valence-electron chi connectivity index (χ1n) is 5.66. The Hall–Kier alpha value is -1.68. The highest BCUT2D eigenvalue weighted by Gasteiger charge is 2.12. The van der Waals surface area contributed by atoms with Crippen LogP contribution in [0.4, 0.5) is 0 Å². The third-order valence-electron chi connectivity index (χ3n) is 2.59. The minimum Gasteiger partial charge on any atom is -0.544 e. The highest BCUT2D eigenvalue weighted by molar-refractivity contribution is 5.96. The van der Waals surface area contributed by atoms with Crippen molar-refractivity contribution in [3.8, 4) is 0 Å². The fourth-order valence-corrected chi connectivity index (χ4v) is 1.61. The maximum Gasteiger partial charge on any atom is 0.216 e. The van der Waals surface area contributed by atoms with Crippen LogP contribution >= 0.6 is 0 Å². The number of nitrogens with one attached hydrogen (secondary N) is 1. The number of aliphatic carboxylic acids is 1. The average Bonchev–Trinajstić information content (AvgIpc) is 2.28. The minimum absolute atomic E-state index is 0.0496. The van der Waals surface area contributed by atoms with Gasteiger partial charge in [0.2, 0.25) is 5.78 Å². The van der Waals surface area contributed by atoms with Crippen LogP contribution in [0.15, 0.2) is 24.3 Å². The van der Waals surface area contributed by atoms with Gasteiger partial charge in [-0.15, -0.1) is 0 Å². The van der Waals surface area contributed by atoms with Gasteiger partial charge in [0.1, 0.15) is 13.1 Å². The van der Waals surface area contributed by atoms with E-state index in [2.05, 4.69) is 6.92 Å². The smallest absolute Gasteiger partial charge is 0.216 e. The van der Waals surface area contributed by atoms with Crippen molar-refractivity contribution < 1.29 is 19.6 Å². The summed E-state index contributed by atoms with van der Waals surface area (Å²) in [6, 6.07) is 7.41. The van der Waals surface area contributed by atoms with Crippen LogP contribution in [-0.2, 0) is 11.2 Å². The number of aryl methyl sites for hydroxylation is 1.